The van der Waals surface area contributed by atoms with E-state index in [4.69, 9.17) is 21.1 Å². The molecule has 2 aromatic rings. The molecule has 20 heavy (non-hydrogen) atoms. The van der Waals surface area contributed by atoms with Gasteiger partial charge < -0.3 is 9.47 Å². The first-order valence-corrected chi connectivity index (χ1v) is 6.37. The molecule has 100 valence electrons. The smallest absolute Gasteiger partial charge is 0.395 e. The first-order valence-electron chi connectivity index (χ1n) is 5.99. The van der Waals surface area contributed by atoms with Gasteiger partial charge in [0.2, 0.25) is 0 Å². The first-order chi connectivity index (χ1) is 9.76. The molecule has 0 radical (unpaired) electrons. The number of rotatable bonds is 2. The molecule has 0 saturated carbocycles. The Kier molecular flexibility index (Phi) is 3.39. The van der Waals surface area contributed by atoms with E-state index in [9.17, 15) is 4.79 Å². The van der Waals surface area contributed by atoms with Crippen molar-refractivity contribution in [3.8, 4) is 5.75 Å². The molecule has 0 amide bonds. The van der Waals surface area contributed by atoms with E-state index in [1.807, 2.05) is 12.1 Å². The lowest BCUT2D eigenvalue weighted by molar-refractivity contribution is -0.115. The molecule has 0 aromatic heterocycles. The first kappa shape index (κ1) is 12.7. The maximum atomic E-state index is 11.1. The predicted molar refractivity (Wildman–Crippen MR) is 75.5 cm³/mol. The maximum Gasteiger partial charge on any atom is 0.395 e. The number of fused-ring (bicyclic) bond motifs is 1. The summed E-state index contributed by atoms with van der Waals surface area (Å²) in [6.07, 6.45) is 0.0627. The highest BCUT2D eigenvalue weighted by Crippen LogP contribution is 2.32. The molecule has 2 aromatic carbocycles. The van der Waals surface area contributed by atoms with Crippen LogP contribution in [0, 0.1) is 0 Å². The van der Waals surface area contributed by atoms with Crippen molar-refractivity contribution in [2.45, 2.75) is 6.10 Å². The molecule has 1 unspecified atom stereocenters. The number of para-hydroxylation sites is 1. The van der Waals surface area contributed by atoms with Crippen molar-refractivity contribution in [3.05, 3.63) is 59.1 Å². The molecule has 3 rings (SSSR count). The third-order valence-corrected chi connectivity index (χ3v) is 3.08. The lowest BCUT2D eigenvalue weighted by Gasteiger charge is -2.21. The van der Waals surface area contributed by atoms with Gasteiger partial charge in [-0.25, -0.2) is 0 Å². The summed E-state index contributed by atoms with van der Waals surface area (Å²) in [5, 5.41) is 0.611. The largest absolute Gasteiger partial charge is 0.434 e. The number of aliphatic imine (C=N–C) groups is 1. The Morgan fingerprint density at radius 2 is 1.90 bits per heavy atom. The second kappa shape index (κ2) is 5.35. The molecule has 1 aliphatic heterocycles. The second-order valence-corrected chi connectivity index (χ2v) is 4.60. The molecule has 0 fully saturated rings. The molecular weight excluding hydrogens is 278 g/mol. The van der Waals surface area contributed by atoms with Crippen LogP contribution in [0.1, 0.15) is 11.7 Å². The fraction of sp³-hybridized carbons (Fsp3) is 0.0667. The van der Waals surface area contributed by atoms with Crippen LogP contribution in [-0.4, -0.2) is 12.4 Å². The second-order valence-electron chi connectivity index (χ2n) is 4.17. The van der Waals surface area contributed by atoms with Crippen molar-refractivity contribution < 1.29 is 14.3 Å². The number of nitrogens with zero attached hydrogens (tertiary/aromatic N) is 1. The Bertz CT molecular complexity index is 667. The normalized spacial score (nSPS) is 16.6. The molecule has 0 saturated heterocycles. The van der Waals surface area contributed by atoms with E-state index in [1.165, 1.54) is 0 Å². The predicted octanol–water partition coefficient (Wildman–Crippen LogP) is 3.68. The molecule has 5 heteroatoms. The van der Waals surface area contributed by atoms with E-state index in [0.29, 0.717) is 16.5 Å². The van der Waals surface area contributed by atoms with E-state index >= 15 is 0 Å². The van der Waals surface area contributed by atoms with Crippen molar-refractivity contribution in [2.24, 2.45) is 4.99 Å². The number of halogens is 1. The molecule has 0 spiro atoms. The topological polar surface area (TPSA) is 47.9 Å². The van der Waals surface area contributed by atoms with Crippen LogP contribution in [0.2, 0.25) is 5.02 Å². The van der Waals surface area contributed by atoms with E-state index < -0.39 is 6.10 Å². The van der Waals surface area contributed by atoms with E-state index in [1.54, 1.807) is 36.4 Å². The molecule has 0 bridgehead atoms. The molecule has 1 heterocycles. The van der Waals surface area contributed by atoms with E-state index in [-0.39, 0.29) is 6.08 Å². The number of carbonyl (C=O) groups is 1. The highest BCUT2D eigenvalue weighted by Gasteiger charge is 2.24. The van der Waals surface area contributed by atoms with Gasteiger partial charge in [-0.2, -0.15) is 4.99 Å². The number of hydrogen-bond acceptors (Lipinski definition) is 4. The van der Waals surface area contributed by atoms with Gasteiger partial charge in [0.15, 0.2) is 12.4 Å². The van der Waals surface area contributed by atoms with Gasteiger partial charge in [-0.3, -0.25) is 4.79 Å². The van der Waals surface area contributed by atoms with Crippen LogP contribution in [0.5, 0.6) is 5.75 Å². The van der Waals surface area contributed by atoms with Gasteiger partial charge in [-0.1, -0.05) is 29.8 Å². The Morgan fingerprint density at radius 3 is 2.65 bits per heavy atom. The van der Waals surface area contributed by atoms with Crippen molar-refractivity contribution in [3.63, 3.8) is 0 Å². The van der Waals surface area contributed by atoms with Gasteiger partial charge in [-0.15, -0.1) is 0 Å². The van der Waals surface area contributed by atoms with Crippen LogP contribution < -0.4 is 4.74 Å². The Labute approximate surface area is 120 Å². The average molecular weight is 288 g/mol. The quantitative estimate of drug-likeness (QED) is 0.792. The van der Waals surface area contributed by atoms with Gasteiger partial charge in [0.25, 0.3) is 0 Å². The number of carbonyl (C=O) groups excluding carboxylic acids is 1. The third kappa shape index (κ3) is 2.51. The molecule has 1 aliphatic rings. The zero-order valence-corrected chi connectivity index (χ0v) is 11.1. The lowest BCUT2D eigenvalue weighted by atomic mass is 10.1. The number of benzene rings is 2. The highest BCUT2D eigenvalue weighted by atomic mass is 35.5. The minimum absolute atomic E-state index is 0.0446. The minimum atomic E-state index is -0.703. The Hall–Kier alpha value is -2.33. The fourth-order valence-corrected chi connectivity index (χ4v) is 2.00. The summed E-state index contributed by atoms with van der Waals surface area (Å²) in [5.41, 5.74) is 1.39. The summed E-state index contributed by atoms with van der Waals surface area (Å²) in [4.78, 5) is 15.4. The van der Waals surface area contributed by atoms with Crippen molar-refractivity contribution in [1.82, 2.24) is 0 Å². The van der Waals surface area contributed by atoms with Crippen LogP contribution in [0.3, 0.4) is 0 Å². The fourth-order valence-electron chi connectivity index (χ4n) is 1.88. The standard InChI is InChI=1S/C15H10ClNO3/c16-10-5-7-11(8-6-10)19-15-17-13-4-2-1-3-12(13)14(9-18)20-15/h1-9,14H. The maximum absolute atomic E-state index is 11.1. The zero-order chi connectivity index (χ0) is 13.9. The third-order valence-electron chi connectivity index (χ3n) is 2.83. The van der Waals surface area contributed by atoms with Crippen LogP contribution in [0.25, 0.3) is 0 Å². The molecule has 4 nitrogen and oxygen atoms in total. The summed E-state index contributed by atoms with van der Waals surface area (Å²) < 4.78 is 10.9. The number of aldehydes is 1. The summed E-state index contributed by atoms with van der Waals surface area (Å²) >= 11 is 5.80. The summed E-state index contributed by atoms with van der Waals surface area (Å²) in [6, 6.07) is 14.1. The monoisotopic (exact) mass is 287 g/mol. The van der Waals surface area contributed by atoms with Crippen LogP contribution >= 0.6 is 11.6 Å². The van der Waals surface area contributed by atoms with Gasteiger partial charge in [0.05, 0.1) is 5.69 Å². The van der Waals surface area contributed by atoms with Crippen molar-refractivity contribution >= 4 is 29.7 Å². The minimum Gasteiger partial charge on any atom is -0.434 e. The van der Waals surface area contributed by atoms with Gasteiger partial charge >= 0.3 is 6.08 Å². The van der Waals surface area contributed by atoms with Crippen LogP contribution in [-0.2, 0) is 9.53 Å². The van der Waals surface area contributed by atoms with Crippen molar-refractivity contribution in [2.75, 3.05) is 0 Å². The van der Waals surface area contributed by atoms with Crippen LogP contribution in [0.15, 0.2) is 53.5 Å². The SMILES string of the molecule is O=CC1OC(Oc2ccc(Cl)cc2)=Nc2ccccc21. The molecule has 0 N–H and O–H groups in total. The van der Waals surface area contributed by atoms with E-state index in [2.05, 4.69) is 4.99 Å². The highest BCUT2D eigenvalue weighted by molar-refractivity contribution is 6.30. The molecule has 0 aliphatic carbocycles. The molecular formula is C15H10ClNO3. The Balaban J connectivity index is 1.90. The summed E-state index contributed by atoms with van der Waals surface area (Å²) in [6.45, 7) is 0. The van der Waals surface area contributed by atoms with Gasteiger partial charge in [0.1, 0.15) is 5.75 Å². The zero-order valence-electron chi connectivity index (χ0n) is 10.3. The average Bonchev–Trinajstić information content (AvgIpc) is 2.49. The van der Waals surface area contributed by atoms with Crippen LogP contribution in [0.4, 0.5) is 5.69 Å². The van der Waals surface area contributed by atoms with Crippen molar-refractivity contribution in [1.29, 1.82) is 0 Å². The van der Waals surface area contributed by atoms with Gasteiger partial charge in [0, 0.05) is 10.6 Å². The number of hydrogen-bond donors (Lipinski definition) is 0. The summed E-state index contributed by atoms with van der Waals surface area (Å²) in [7, 11) is 0. The Morgan fingerprint density at radius 1 is 1.15 bits per heavy atom. The molecule has 1 atom stereocenters. The number of ether oxygens (including phenoxy) is 2. The van der Waals surface area contributed by atoms with Gasteiger partial charge in [-0.05, 0) is 30.3 Å². The summed E-state index contributed by atoms with van der Waals surface area (Å²) in [5.74, 6) is 0.539. The van der Waals surface area contributed by atoms with E-state index in [0.717, 1.165) is 11.8 Å². The lowest BCUT2D eigenvalue weighted by Crippen LogP contribution is -2.21.